The Morgan fingerprint density at radius 2 is 2.04 bits per heavy atom. The molecule has 0 aliphatic rings. The lowest BCUT2D eigenvalue weighted by atomic mass is 10.2. The number of furan rings is 1. The monoisotopic (exact) mass is 398 g/mol. The first kappa shape index (κ1) is 17.5. The van der Waals surface area contributed by atoms with Crippen molar-refractivity contribution in [3.05, 3.63) is 65.8 Å². The number of nitrogens with one attached hydrogen (secondary N) is 2. The van der Waals surface area contributed by atoms with Crippen LogP contribution in [-0.2, 0) is 11.3 Å². The summed E-state index contributed by atoms with van der Waals surface area (Å²) in [6.07, 6.45) is 3.07. The summed E-state index contributed by atoms with van der Waals surface area (Å²) in [4.78, 5) is 21.7. The maximum Gasteiger partial charge on any atom is 0.239 e. The summed E-state index contributed by atoms with van der Waals surface area (Å²) in [5, 5.41) is 6.58. The predicted octanol–water partition coefficient (Wildman–Crippen LogP) is 4.33. The quantitative estimate of drug-likeness (QED) is 0.505. The molecule has 4 rings (SSSR count). The first-order chi connectivity index (χ1) is 13.2. The van der Waals surface area contributed by atoms with Gasteiger partial charge in [0.1, 0.15) is 17.9 Å². The second-order valence-corrected chi connectivity index (χ2v) is 7.25. The van der Waals surface area contributed by atoms with Crippen molar-refractivity contribution in [3.63, 3.8) is 0 Å². The van der Waals surface area contributed by atoms with Crippen LogP contribution >= 0.6 is 22.9 Å². The van der Waals surface area contributed by atoms with Crippen LogP contribution < -0.4 is 10.6 Å². The van der Waals surface area contributed by atoms with Crippen molar-refractivity contribution >= 4 is 44.9 Å². The fourth-order valence-corrected chi connectivity index (χ4v) is 3.77. The van der Waals surface area contributed by atoms with Gasteiger partial charge in [0.2, 0.25) is 5.91 Å². The summed E-state index contributed by atoms with van der Waals surface area (Å²) in [6, 6.07) is 13.3. The van der Waals surface area contributed by atoms with Crippen LogP contribution in [0.3, 0.4) is 0 Å². The molecule has 0 radical (unpaired) electrons. The highest BCUT2D eigenvalue weighted by Gasteiger charge is 2.11. The van der Waals surface area contributed by atoms with E-state index in [0.29, 0.717) is 23.1 Å². The Kier molecular flexibility index (Phi) is 5.04. The average molecular weight is 399 g/mol. The van der Waals surface area contributed by atoms with Crippen LogP contribution in [0.2, 0.25) is 5.02 Å². The lowest BCUT2D eigenvalue weighted by Gasteiger charge is -2.06. The number of amides is 1. The zero-order valence-electron chi connectivity index (χ0n) is 14.1. The highest BCUT2D eigenvalue weighted by atomic mass is 35.5. The minimum absolute atomic E-state index is 0.112. The van der Waals surface area contributed by atoms with Gasteiger partial charge in [-0.3, -0.25) is 4.79 Å². The molecule has 0 saturated carbocycles. The summed E-state index contributed by atoms with van der Waals surface area (Å²) in [7, 11) is 0. The van der Waals surface area contributed by atoms with Crippen molar-refractivity contribution in [1.82, 2.24) is 15.3 Å². The molecule has 4 aromatic rings. The minimum Gasteiger partial charge on any atom is -0.467 e. The number of rotatable bonds is 6. The van der Waals surface area contributed by atoms with E-state index in [4.69, 9.17) is 16.0 Å². The molecule has 0 saturated heterocycles. The van der Waals surface area contributed by atoms with Crippen molar-refractivity contribution < 1.29 is 9.21 Å². The van der Waals surface area contributed by atoms with Crippen molar-refractivity contribution in [2.45, 2.75) is 6.54 Å². The van der Waals surface area contributed by atoms with E-state index < -0.39 is 0 Å². The SMILES string of the molecule is O=C(CNc1ncnc2cc(-c3ccc(Cl)cc3)sc12)NCc1ccco1. The number of benzene rings is 1. The zero-order chi connectivity index (χ0) is 18.6. The number of hydrogen-bond donors (Lipinski definition) is 2. The van der Waals surface area contributed by atoms with Crippen LogP contribution in [0.5, 0.6) is 0 Å². The number of fused-ring (bicyclic) bond motifs is 1. The molecule has 3 aromatic heterocycles. The van der Waals surface area contributed by atoms with Crippen molar-refractivity contribution in [1.29, 1.82) is 0 Å². The van der Waals surface area contributed by atoms with Gasteiger partial charge in [0, 0.05) is 9.90 Å². The van der Waals surface area contributed by atoms with Gasteiger partial charge in [0.05, 0.1) is 29.6 Å². The van der Waals surface area contributed by atoms with Crippen molar-refractivity contribution in [2.24, 2.45) is 0 Å². The Bertz CT molecular complexity index is 1060. The Balaban J connectivity index is 1.47. The van der Waals surface area contributed by atoms with Gasteiger partial charge >= 0.3 is 0 Å². The highest BCUT2D eigenvalue weighted by Crippen LogP contribution is 2.35. The molecule has 6 nitrogen and oxygen atoms in total. The van der Waals surface area contributed by atoms with Crippen LogP contribution in [0.4, 0.5) is 5.82 Å². The molecule has 8 heteroatoms. The maximum absolute atomic E-state index is 12.0. The smallest absolute Gasteiger partial charge is 0.239 e. The zero-order valence-corrected chi connectivity index (χ0v) is 15.7. The standard InChI is InChI=1S/C19H15ClN4O2S/c20-13-5-3-12(4-6-13)16-8-15-18(27-16)19(24-11-23-15)22-10-17(25)21-9-14-2-1-7-26-14/h1-8,11H,9-10H2,(H,21,25)(H,22,23,24). The van der Waals surface area contributed by atoms with Gasteiger partial charge in [-0.2, -0.15) is 0 Å². The van der Waals surface area contributed by atoms with E-state index in [2.05, 4.69) is 20.6 Å². The summed E-state index contributed by atoms with van der Waals surface area (Å²) in [6.45, 7) is 0.466. The van der Waals surface area contributed by atoms with E-state index in [0.717, 1.165) is 20.7 Å². The molecule has 1 amide bonds. The van der Waals surface area contributed by atoms with Gasteiger partial charge in [0.25, 0.3) is 0 Å². The predicted molar refractivity (Wildman–Crippen MR) is 107 cm³/mol. The van der Waals surface area contributed by atoms with Gasteiger partial charge in [0.15, 0.2) is 0 Å². The first-order valence-electron chi connectivity index (χ1n) is 8.22. The van der Waals surface area contributed by atoms with Gasteiger partial charge in [-0.05, 0) is 35.9 Å². The molecule has 27 heavy (non-hydrogen) atoms. The van der Waals surface area contributed by atoms with Gasteiger partial charge in [-0.25, -0.2) is 9.97 Å². The molecule has 0 bridgehead atoms. The molecule has 0 aliphatic heterocycles. The third-order valence-corrected chi connectivity index (χ3v) is 5.33. The Labute approximate surface area is 164 Å². The second kappa shape index (κ2) is 7.77. The van der Waals surface area contributed by atoms with Gasteiger partial charge in [-0.1, -0.05) is 23.7 Å². The second-order valence-electron chi connectivity index (χ2n) is 5.76. The van der Waals surface area contributed by atoms with E-state index in [1.54, 1.807) is 23.7 Å². The number of thiophene rings is 1. The number of anilines is 1. The fraction of sp³-hybridized carbons (Fsp3) is 0.105. The lowest BCUT2D eigenvalue weighted by Crippen LogP contribution is -2.29. The van der Waals surface area contributed by atoms with Crippen LogP contribution in [0.15, 0.2) is 59.5 Å². The number of carbonyl (C=O) groups excluding carboxylic acids is 1. The van der Waals surface area contributed by atoms with Crippen molar-refractivity contribution in [2.75, 3.05) is 11.9 Å². The largest absolute Gasteiger partial charge is 0.467 e. The number of hydrogen-bond acceptors (Lipinski definition) is 6. The van der Waals surface area contributed by atoms with Crippen LogP contribution in [-0.4, -0.2) is 22.4 Å². The molecule has 2 N–H and O–H groups in total. The van der Waals surface area contributed by atoms with Crippen LogP contribution in [0, 0.1) is 0 Å². The fourth-order valence-electron chi connectivity index (χ4n) is 2.56. The Morgan fingerprint density at radius 1 is 1.19 bits per heavy atom. The number of aromatic nitrogens is 2. The first-order valence-corrected chi connectivity index (χ1v) is 9.42. The van der Waals surface area contributed by atoms with Crippen LogP contribution in [0.25, 0.3) is 20.7 Å². The molecule has 0 atom stereocenters. The average Bonchev–Trinajstić information content (AvgIpc) is 3.35. The number of nitrogens with zero attached hydrogens (tertiary/aromatic N) is 2. The topological polar surface area (TPSA) is 80.0 Å². The molecule has 0 fully saturated rings. The molecule has 3 heterocycles. The highest BCUT2D eigenvalue weighted by molar-refractivity contribution is 7.22. The molecule has 0 aliphatic carbocycles. The van der Waals surface area contributed by atoms with Crippen molar-refractivity contribution in [3.8, 4) is 10.4 Å². The van der Waals surface area contributed by atoms with E-state index in [1.165, 1.54) is 6.33 Å². The van der Waals surface area contributed by atoms with Crippen LogP contribution in [0.1, 0.15) is 5.76 Å². The lowest BCUT2D eigenvalue weighted by molar-refractivity contribution is -0.119. The number of halogens is 1. The van der Waals surface area contributed by atoms with Gasteiger partial charge in [-0.15, -0.1) is 11.3 Å². The molecule has 1 aromatic carbocycles. The summed E-state index contributed by atoms with van der Waals surface area (Å²) < 4.78 is 6.10. The summed E-state index contributed by atoms with van der Waals surface area (Å²) >= 11 is 7.53. The minimum atomic E-state index is -0.146. The number of carbonyl (C=O) groups is 1. The maximum atomic E-state index is 12.0. The normalized spacial score (nSPS) is 10.9. The van der Waals surface area contributed by atoms with E-state index in [-0.39, 0.29) is 12.5 Å². The van der Waals surface area contributed by atoms with E-state index >= 15 is 0 Å². The Hall–Kier alpha value is -2.90. The molecular weight excluding hydrogens is 384 g/mol. The molecular formula is C19H15ClN4O2S. The summed E-state index contributed by atoms with van der Waals surface area (Å²) in [5.41, 5.74) is 1.89. The molecule has 0 unspecified atom stereocenters. The van der Waals surface area contributed by atoms with E-state index in [1.807, 2.05) is 36.4 Å². The third-order valence-electron chi connectivity index (χ3n) is 3.90. The summed E-state index contributed by atoms with van der Waals surface area (Å²) in [5.74, 6) is 1.20. The van der Waals surface area contributed by atoms with Gasteiger partial charge < -0.3 is 15.1 Å². The third kappa shape index (κ3) is 4.10. The molecule has 136 valence electrons. The molecule has 0 spiro atoms. The van der Waals surface area contributed by atoms with E-state index in [9.17, 15) is 4.79 Å². The Morgan fingerprint density at radius 3 is 2.81 bits per heavy atom.